The monoisotopic (exact) mass is 937 g/mol. The van der Waals surface area contributed by atoms with E-state index in [1.165, 1.54) is 180 Å². The first-order valence-electron chi connectivity index (χ1n) is 28.8. The van der Waals surface area contributed by atoms with Gasteiger partial charge in [-0.25, -0.2) is 0 Å². The molecular weight excluding hydrogens is 829 g/mol. The third-order valence-corrected chi connectivity index (χ3v) is 12.5. The largest absolute Gasteiger partial charge is 0.462 e. The summed E-state index contributed by atoms with van der Waals surface area (Å²) in [6.07, 6.45) is 69.3. The molecule has 0 saturated carbocycles. The number of esters is 3. The van der Waals surface area contributed by atoms with Crippen molar-refractivity contribution < 1.29 is 28.6 Å². The van der Waals surface area contributed by atoms with Gasteiger partial charge in [-0.3, -0.25) is 14.4 Å². The number of hydrogen-bond donors (Lipinski definition) is 0. The summed E-state index contributed by atoms with van der Waals surface area (Å²) in [7, 11) is 0. The molecule has 6 heteroatoms. The lowest BCUT2D eigenvalue weighted by Crippen LogP contribution is -2.30. The second kappa shape index (κ2) is 55.7. The van der Waals surface area contributed by atoms with Crippen molar-refractivity contribution >= 4 is 17.9 Å². The molecule has 0 radical (unpaired) electrons. The molecule has 0 amide bonds. The first-order valence-corrected chi connectivity index (χ1v) is 28.8. The van der Waals surface area contributed by atoms with Crippen LogP contribution in [-0.4, -0.2) is 37.2 Å². The van der Waals surface area contributed by atoms with Crippen molar-refractivity contribution in [3.63, 3.8) is 0 Å². The molecular formula is C61H108O6. The van der Waals surface area contributed by atoms with E-state index in [-0.39, 0.29) is 37.5 Å². The van der Waals surface area contributed by atoms with E-state index in [0.717, 1.165) is 64.2 Å². The van der Waals surface area contributed by atoms with Gasteiger partial charge in [0.1, 0.15) is 13.2 Å². The van der Waals surface area contributed by atoms with E-state index in [1.807, 2.05) is 0 Å². The van der Waals surface area contributed by atoms with Gasteiger partial charge in [0.25, 0.3) is 0 Å². The molecule has 0 saturated heterocycles. The van der Waals surface area contributed by atoms with Gasteiger partial charge in [0, 0.05) is 19.3 Å². The van der Waals surface area contributed by atoms with Crippen LogP contribution in [0.2, 0.25) is 0 Å². The molecule has 0 spiro atoms. The molecule has 0 rings (SSSR count). The Labute approximate surface area is 415 Å². The molecule has 6 nitrogen and oxygen atoms in total. The van der Waals surface area contributed by atoms with Crippen molar-refractivity contribution in [2.24, 2.45) is 0 Å². The fourth-order valence-electron chi connectivity index (χ4n) is 8.14. The molecule has 0 aliphatic rings. The summed E-state index contributed by atoms with van der Waals surface area (Å²) in [5, 5.41) is 0. The third kappa shape index (κ3) is 53.9. The second-order valence-corrected chi connectivity index (χ2v) is 19.2. The summed E-state index contributed by atoms with van der Waals surface area (Å²) in [5.74, 6) is -0.941. The highest BCUT2D eigenvalue weighted by atomic mass is 16.6. The number of ether oxygens (including phenoxy) is 3. The minimum absolute atomic E-state index is 0.0938. The van der Waals surface area contributed by atoms with Gasteiger partial charge < -0.3 is 14.2 Å². The van der Waals surface area contributed by atoms with Gasteiger partial charge in [0.15, 0.2) is 6.10 Å². The minimum atomic E-state index is -0.801. The fraction of sp³-hybridized carbons (Fsp3) is 0.787. The first kappa shape index (κ1) is 64.1. The third-order valence-electron chi connectivity index (χ3n) is 12.5. The quantitative estimate of drug-likeness (QED) is 0.0262. The topological polar surface area (TPSA) is 78.9 Å². The Kier molecular flexibility index (Phi) is 53.3. The van der Waals surface area contributed by atoms with Crippen LogP contribution in [0.25, 0.3) is 0 Å². The molecule has 0 fully saturated rings. The molecule has 67 heavy (non-hydrogen) atoms. The molecule has 1 atom stereocenters. The number of rotatable bonds is 52. The molecule has 0 aromatic heterocycles. The van der Waals surface area contributed by atoms with Crippen molar-refractivity contribution in [3.8, 4) is 0 Å². The Morgan fingerprint density at radius 1 is 0.299 bits per heavy atom. The molecule has 0 aromatic rings. The van der Waals surface area contributed by atoms with E-state index in [1.54, 1.807) is 0 Å². The van der Waals surface area contributed by atoms with Crippen molar-refractivity contribution in [2.75, 3.05) is 13.2 Å². The Hall–Kier alpha value is -2.89. The van der Waals surface area contributed by atoms with Crippen molar-refractivity contribution in [3.05, 3.63) is 60.8 Å². The second-order valence-electron chi connectivity index (χ2n) is 19.2. The highest BCUT2D eigenvalue weighted by molar-refractivity contribution is 5.71. The molecule has 388 valence electrons. The van der Waals surface area contributed by atoms with E-state index in [4.69, 9.17) is 14.2 Å². The molecule has 0 aromatic carbocycles. The van der Waals surface area contributed by atoms with Crippen LogP contribution in [0, 0.1) is 0 Å². The number of hydrogen-bond acceptors (Lipinski definition) is 6. The number of carbonyl (C=O) groups is 3. The van der Waals surface area contributed by atoms with Crippen molar-refractivity contribution in [1.29, 1.82) is 0 Å². The van der Waals surface area contributed by atoms with Gasteiger partial charge in [-0.1, -0.05) is 248 Å². The zero-order valence-electron chi connectivity index (χ0n) is 44.4. The zero-order valence-corrected chi connectivity index (χ0v) is 44.4. The van der Waals surface area contributed by atoms with Crippen LogP contribution >= 0.6 is 0 Å². The lowest BCUT2D eigenvalue weighted by molar-refractivity contribution is -0.167. The predicted octanol–water partition coefficient (Wildman–Crippen LogP) is 19.2. The zero-order chi connectivity index (χ0) is 48.6. The minimum Gasteiger partial charge on any atom is -0.462 e. The van der Waals surface area contributed by atoms with Crippen molar-refractivity contribution in [2.45, 2.75) is 297 Å². The summed E-state index contributed by atoms with van der Waals surface area (Å²) in [4.78, 5) is 38.1. The standard InChI is InChI=1S/C61H108O6/c1-4-7-10-13-16-19-22-25-27-29-30-32-33-36-39-42-45-48-51-54-60(63)66-57-58(56-65-59(62)53-50-47-44-41-38-35-24-21-18-15-12-9-6-3)67-61(64)55-52-49-46-43-40-37-34-31-28-26-23-20-17-14-11-8-5-2/h17,20,25-28,34,37,43,46,58H,4-16,18-19,21-24,29-33,35-36,38-42,44-45,47-57H2,1-3H3/b20-17-,27-25-,28-26-,37-34-,46-43-/t58-/m0/s1. The van der Waals surface area contributed by atoms with Gasteiger partial charge in [-0.15, -0.1) is 0 Å². The molecule has 0 aliphatic heterocycles. The maximum absolute atomic E-state index is 12.8. The highest BCUT2D eigenvalue weighted by Crippen LogP contribution is 2.16. The van der Waals surface area contributed by atoms with Crippen LogP contribution in [0.1, 0.15) is 290 Å². The first-order chi connectivity index (χ1) is 33.0. The molecule has 0 unspecified atom stereocenters. The highest BCUT2D eigenvalue weighted by Gasteiger charge is 2.19. The molecule has 0 N–H and O–H groups in total. The van der Waals surface area contributed by atoms with Gasteiger partial charge in [0.05, 0.1) is 0 Å². The van der Waals surface area contributed by atoms with Gasteiger partial charge >= 0.3 is 17.9 Å². The Morgan fingerprint density at radius 3 is 0.925 bits per heavy atom. The van der Waals surface area contributed by atoms with Crippen LogP contribution in [0.15, 0.2) is 60.8 Å². The normalized spacial score (nSPS) is 12.5. The summed E-state index contributed by atoms with van der Waals surface area (Å²) in [6, 6.07) is 0. The van der Waals surface area contributed by atoms with Crippen LogP contribution < -0.4 is 0 Å². The van der Waals surface area contributed by atoms with E-state index >= 15 is 0 Å². The fourth-order valence-corrected chi connectivity index (χ4v) is 8.14. The Balaban J connectivity index is 4.42. The summed E-state index contributed by atoms with van der Waals surface area (Å²) in [5.41, 5.74) is 0. The van der Waals surface area contributed by atoms with Crippen LogP contribution in [0.4, 0.5) is 0 Å². The molecule has 0 aliphatic carbocycles. The van der Waals surface area contributed by atoms with Crippen LogP contribution in [-0.2, 0) is 28.6 Å². The smallest absolute Gasteiger partial charge is 0.306 e. The Morgan fingerprint density at radius 2 is 0.552 bits per heavy atom. The lowest BCUT2D eigenvalue weighted by Gasteiger charge is -2.18. The number of unbranched alkanes of at least 4 members (excludes halogenated alkanes) is 31. The van der Waals surface area contributed by atoms with Crippen molar-refractivity contribution in [1.82, 2.24) is 0 Å². The van der Waals surface area contributed by atoms with Gasteiger partial charge in [-0.05, 0) is 83.5 Å². The predicted molar refractivity (Wildman–Crippen MR) is 288 cm³/mol. The van der Waals surface area contributed by atoms with Crippen LogP contribution in [0.5, 0.6) is 0 Å². The van der Waals surface area contributed by atoms with E-state index in [0.29, 0.717) is 19.3 Å². The van der Waals surface area contributed by atoms with E-state index in [9.17, 15) is 14.4 Å². The summed E-state index contributed by atoms with van der Waals surface area (Å²) in [6.45, 7) is 6.58. The van der Waals surface area contributed by atoms with E-state index < -0.39 is 6.10 Å². The molecule has 0 bridgehead atoms. The maximum Gasteiger partial charge on any atom is 0.306 e. The average Bonchev–Trinajstić information content (AvgIpc) is 3.33. The number of carbonyl (C=O) groups excluding carboxylic acids is 3. The molecule has 0 heterocycles. The maximum atomic E-state index is 12.8. The average molecular weight is 938 g/mol. The SMILES string of the molecule is CCCCC/C=C\C/C=C\C/C=C\C/C=C\CCCC(=O)O[C@H](COC(=O)CCCCCCCCCCC/C=C\CCCCCCCC)COC(=O)CCCCCCCCCCCCCCC. The van der Waals surface area contributed by atoms with Gasteiger partial charge in [-0.2, -0.15) is 0 Å². The number of allylic oxidation sites excluding steroid dienone is 10. The van der Waals surface area contributed by atoms with E-state index in [2.05, 4.69) is 81.5 Å². The lowest BCUT2D eigenvalue weighted by atomic mass is 10.0. The Bertz CT molecular complexity index is 1210. The van der Waals surface area contributed by atoms with Crippen LogP contribution in [0.3, 0.4) is 0 Å². The van der Waals surface area contributed by atoms with Gasteiger partial charge in [0.2, 0.25) is 0 Å². The summed E-state index contributed by atoms with van der Waals surface area (Å²) >= 11 is 0. The summed E-state index contributed by atoms with van der Waals surface area (Å²) < 4.78 is 16.8.